The maximum Gasteiger partial charge on any atom is 0.346 e. The van der Waals surface area contributed by atoms with Crippen LogP contribution in [0.5, 0.6) is 0 Å². The summed E-state index contributed by atoms with van der Waals surface area (Å²) in [5.74, 6) is 0. The van der Waals surface area contributed by atoms with Crippen molar-refractivity contribution in [1.82, 2.24) is 9.96 Å². The van der Waals surface area contributed by atoms with Gasteiger partial charge in [-0.25, -0.2) is 14.9 Å². The van der Waals surface area contributed by atoms with Crippen molar-refractivity contribution in [2.75, 3.05) is 26.3 Å². The Bertz CT molecular complexity index is 1190. The second kappa shape index (κ2) is 7.74. The summed E-state index contributed by atoms with van der Waals surface area (Å²) in [4.78, 5) is 24.2. The lowest BCUT2D eigenvalue weighted by Crippen LogP contribution is -2.66. The number of benzene rings is 1. The zero-order valence-electron chi connectivity index (χ0n) is 17.7. The molecule has 162 valence electrons. The molecule has 4 aliphatic rings. The molecule has 2 fully saturated rings. The van der Waals surface area contributed by atoms with Gasteiger partial charge in [0.2, 0.25) is 0 Å². The van der Waals surface area contributed by atoms with Crippen LogP contribution in [0.1, 0.15) is 25.0 Å². The summed E-state index contributed by atoms with van der Waals surface area (Å²) in [5, 5.41) is 20.9. The van der Waals surface area contributed by atoms with Gasteiger partial charge in [0.25, 0.3) is 0 Å². The molecule has 4 heterocycles. The number of thioether (sulfide) groups is 1. The standard InChI is InChI=1S/C23H21N5O3S/c1-14-6-18(7-15(2)28(14)30)20-19(17-5-3-4-16(8-17)9-24)25-21(32-20)26-22(29)27-10-23(11-27)12-31-13-23/h3-8,30H,10-13H2,1-2H3. The van der Waals surface area contributed by atoms with Crippen LogP contribution in [0, 0.1) is 16.7 Å². The summed E-state index contributed by atoms with van der Waals surface area (Å²) in [6, 6.07) is 9.06. The van der Waals surface area contributed by atoms with Crippen molar-refractivity contribution in [3.63, 3.8) is 0 Å². The molecular formula is C23H21N5O3S. The summed E-state index contributed by atoms with van der Waals surface area (Å²) >= 11 is 1.32. The molecule has 5 rings (SSSR count). The third-order valence-corrected chi connectivity index (χ3v) is 6.87. The average Bonchev–Trinajstić information content (AvgIpc) is 3.13. The second-order valence-electron chi connectivity index (χ2n) is 8.45. The summed E-state index contributed by atoms with van der Waals surface area (Å²) in [6.45, 7) is 6.36. The van der Waals surface area contributed by atoms with Gasteiger partial charge in [0.15, 0.2) is 5.17 Å². The van der Waals surface area contributed by atoms with Crippen molar-refractivity contribution in [3.05, 3.63) is 69.4 Å². The number of allylic oxidation sites excluding steroid dienone is 6. The lowest BCUT2D eigenvalue weighted by Gasteiger charge is -2.54. The quantitative estimate of drug-likeness (QED) is 0.705. The fourth-order valence-electron chi connectivity index (χ4n) is 4.13. The Balaban J connectivity index is 1.51. The lowest BCUT2D eigenvalue weighted by molar-refractivity contribution is -0.174. The Kier molecular flexibility index (Phi) is 5.01. The molecule has 1 aromatic rings. The number of likely N-dealkylation sites (tertiary alicyclic amines) is 1. The van der Waals surface area contributed by atoms with Crippen LogP contribution in [0.25, 0.3) is 0 Å². The number of rotatable bonds is 1. The first kappa shape index (κ1) is 20.7. The molecule has 0 atom stereocenters. The monoisotopic (exact) mass is 447 g/mol. The molecule has 2 amide bonds. The van der Waals surface area contributed by atoms with E-state index in [0.29, 0.717) is 54.1 Å². The average molecular weight is 448 g/mol. The minimum absolute atomic E-state index is 0.126. The number of hydrogen-bond acceptors (Lipinski definition) is 6. The van der Waals surface area contributed by atoms with Crippen molar-refractivity contribution in [2.24, 2.45) is 15.4 Å². The number of amides is 2. The van der Waals surface area contributed by atoms with Crippen LogP contribution in [0.4, 0.5) is 4.79 Å². The molecule has 0 aromatic heterocycles. The van der Waals surface area contributed by atoms with Crippen molar-refractivity contribution in [2.45, 2.75) is 13.8 Å². The van der Waals surface area contributed by atoms with E-state index in [1.165, 1.54) is 11.8 Å². The zero-order valence-corrected chi connectivity index (χ0v) is 18.5. The van der Waals surface area contributed by atoms with Gasteiger partial charge in [0.1, 0.15) is 0 Å². The molecule has 0 saturated carbocycles. The number of nitriles is 1. The molecular weight excluding hydrogens is 426 g/mol. The highest BCUT2D eigenvalue weighted by molar-refractivity contribution is 8.18. The third kappa shape index (κ3) is 3.56. The van der Waals surface area contributed by atoms with E-state index < -0.39 is 0 Å². The molecule has 0 radical (unpaired) electrons. The van der Waals surface area contributed by atoms with Gasteiger partial charge >= 0.3 is 6.03 Å². The molecule has 1 aromatic carbocycles. The molecule has 0 unspecified atom stereocenters. The Labute approximate surface area is 189 Å². The van der Waals surface area contributed by atoms with Crippen LogP contribution in [-0.2, 0) is 4.74 Å². The van der Waals surface area contributed by atoms with Crippen LogP contribution in [0.3, 0.4) is 0 Å². The fourth-order valence-corrected chi connectivity index (χ4v) is 5.07. The number of hydrogen-bond donors (Lipinski definition) is 1. The zero-order chi connectivity index (χ0) is 22.5. The van der Waals surface area contributed by atoms with Gasteiger partial charge in [0.05, 0.1) is 36.0 Å². The van der Waals surface area contributed by atoms with E-state index >= 15 is 0 Å². The van der Waals surface area contributed by atoms with Gasteiger partial charge in [-0.05, 0) is 55.5 Å². The number of amidine groups is 1. The van der Waals surface area contributed by atoms with Crippen LogP contribution in [0.2, 0.25) is 0 Å². The molecule has 9 heteroatoms. The SMILES string of the molecule is CC1=CC(=C2SC(=NC(=O)N3CC4(COC4)C3)N=C2c2cccc(C#N)c2)C=C(C)N1O. The van der Waals surface area contributed by atoms with Crippen molar-refractivity contribution in [1.29, 1.82) is 5.26 Å². The first-order chi connectivity index (χ1) is 15.4. The minimum Gasteiger partial charge on any atom is -0.380 e. The summed E-state index contributed by atoms with van der Waals surface area (Å²) in [6.07, 6.45) is 3.72. The number of hydroxylamine groups is 2. The van der Waals surface area contributed by atoms with Gasteiger partial charge in [-0.2, -0.15) is 10.3 Å². The smallest absolute Gasteiger partial charge is 0.346 e. The highest BCUT2D eigenvalue weighted by Gasteiger charge is 2.50. The predicted octanol–water partition coefficient (Wildman–Crippen LogP) is 3.67. The Hall–Kier alpha value is -3.19. The Morgan fingerprint density at radius 2 is 2.00 bits per heavy atom. The van der Waals surface area contributed by atoms with Gasteiger partial charge < -0.3 is 9.64 Å². The van der Waals surface area contributed by atoms with E-state index in [0.717, 1.165) is 21.1 Å². The first-order valence-corrected chi connectivity index (χ1v) is 11.0. The van der Waals surface area contributed by atoms with Crippen LogP contribution in [-0.4, -0.2) is 58.4 Å². The van der Waals surface area contributed by atoms with Crippen molar-refractivity contribution >= 4 is 28.7 Å². The van der Waals surface area contributed by atoms with E-state index in [1.54, 1.807) is 17.0 Å². The minimum atomic E-state index is -0.297. The summed E-state index contributed by atoms with van der Waals surface area (Å²) in [7, 11) is 0. The van der Waals surface area contributed by atoms with E-state index in [2.05, 4.69) is 16.1 Å². The number of urea groups is 1. The highest BCUT2D eigenvalue weighted by atomic mass is 32.2. The molecule has 0 bridgehead atoms. The van der Waals surface area contributed by atoms with Gasteiger partial charge in [-0.1, -0.05) is 12.1 Å². The predicted molar refractivity (Wildman–Crippen MR) is 121 cm³/mol. The fraction of sp³-hybridized carbons (Fsp3) is 0.304. The molecule has 2 saturated heterocycles. The van der Waals surface area contributed by atoms with E-state index in [1.807, 2.05) is 38.1 Å². The Morgan fingerprint density at radius 1 is 1.28 bits per heavy atom. The van der Waals surface area contributed by atoms with Crippen molar-refractivity contribution in [3.8, 4) is 6.07 Å². The number of ether oxygens (including phenoxy) is 1. The molecule has 8 nitrogen and oxygen atoms in total. The second-order valence-corrected chi connectivity index (χ2v) is 9.43. The maximum atomic E-state index is 12.7. The van der Waals surface area contributed by atoms with Crippen LogP contribution < -0.4 is 0 Å². The van der Waals surface area contributed by atoms with Crippen molar-refractivity contribution < 1.29 is 14.7 Å². The number of carbonyl (C=O) groups is 1. The third-order valence-electron chi connectivity index (χ3n) is 5.87. The van der Waals surface area contributed by atoms with Gasteiger partial charge in [-0.3, -0.25) is 5.21 Å². The molecule has 32 heavy (non-hydrogen) atoms. The van der Waals surface area contributed by atoms with Gasteiger partial charge in [0, 0.05) is 35.0 Å². The number of nitrogens with zero attached hydrogens (tertiary/aromatic N) is 5. The van der Waals surface area contributed by atoms with Gasteiger partial charge in [-0.15, -0.1) is 0 Å². The summed E-state index contributed by atoms with van der Waals surface area (Å²) in [5.41, 5.74) is 4.29. The highest BCUT2D eigenvalue weighted by Crippen LogP contribution is 2.39. The van der Waals surface area contributed by atoms with E-state index in [9.17, 15) is 15.3 Å². The lowest BCUT2D eigenvalue weighted by atomic mass is 9.78. The number of aliphatic imine (C=N–C) groups is 2. The van der Waals surface area contributed by atoms with Crippen LogP contribution in [0.15, 0.2) is 68.3 Å². The Morgan fingerprint density at radius 3 is 2.62 bits per heavy atom. The van der Waals surface area contributed by atoms with E-state index in [-0.39, 0.29) is 11.4 Å². The largest absolute Gasteiger partial charge is 0.380 e. The molecule has 4 aliphatic heterocycles. The van der Waals surface area contributed by atoms with E-state index in [4.69, 9.17) is 4.74 Å². The maximum absolute atomic E-state index is 12.7. The molecule has 1 spiro atoms. The molecule has 1 N–H and O–H groups in total. The van der Waals surface area contributed by atoms with Crippen LogP contribution >= 0.6 is 11.8 Å². The number of carbonyl (C=O) groups excluding carboxylic acids is 1. The topological polar surface area (TPSA) is 102 Å². The normalized spacial score (nSPS) is 22.8. The summed E-state index contributed by atoms with van der Waals surface area (Å²) < 4.78 is 5.27. The molecule has 0 aliphatic carbocycles. The first-order valence-electron chi connectivity index (χ1n) is 10.2.